The third kappa shape index (κ3) is 33.3. The molecule has 0 spiro atoms. The van der Waals surface area contributed by atoms with Gasteiger partial charge in [0.1, 0.15) is 39.9 Å². The van der Waals surface area contributed by atoms with E-state index in [1.807, 2.05) is 27.7 Å². The Balaban J connectivity index is 0.000000437. The van der Waals surface area contributed by atoms with E-state index in [0.29, 0.717) is 30.9 Å². The second-order valence-electron chi connectivity index (χ2n) is 29.6. The van der Waals surface area contributed by atoms with E-state index in [9.17, 15) is 38.6 Å². The minimum Gasteiger partial charge on any atom is -0.756 e. The van der Waals surface area contributed by atoms with E-state index in [4.69, 9.17) is 33.9 Å². The summed E-state index contributed by atoms with van der Waals surface area (Å²) in [7, 11) is -5.97. The number of hydrogen-bond donors (Lipinski definition) is 1. The van der Waals surface area contributed by atoms with Gasteiger partial charge in [-0.3, -0.25) is 24.0 Å². The first kappa shape index (κ1) is 88.8. The number of phosphoric ester groups is 2. The number of hydrogen-bond acceptors (Lipinski definition) is 18. The summed E-state index contributed by atoms with van der Waals surface area (Å²) in [5.74, 6) is 7.05. The van der Waals surface area contributed by atoms with Crippen LogP contribution in [0, 0.1) is 81.2 Å². The number of nitrogens with two attached hydrogens (primary N) is 1. The van der Waals surface area contributed by atoms with Gasteiger partial charge in [-0.25, -0.2) is 4.79 Å². The van der Waals surface area contributed by atoms with Crippen LogP contribution < -0.4 is 39.2 Å². The number of phosphoric acid groups is 2. The molecular formula is C78H130N2O17P2-2. The molecule has 0 fully saturated rings. The summed E-state index contributed by atoms with van der Waals surface area (Å²) in [6.45, 7) is 34.1. The fourth-order valence-electron chi connectivity index (χ4n) is 13.4. The first-order chi connectivity index (χ1) is 46.7. The van der Waals surface area contributed by atoms with Gasteiger partial charge in [0, 0.05) is 43.9 Å². The molecule has 5 rings (SSSR count). The number of unbranched alkanes of at least 4 members (excludes halogenated alkanes) is 7. The number of carbonyl (C=O) groups excluding carboxylic acids is 2. The Bertz CT molecular complexity index is 2990. The van der Waals surface area contributed by atoms with E-state index in [-0.39, 0.29) is 41.8 Å². The normalized spacial score (nSPS) is 18.1. The molecule has 2 heterocycles. The highest BCUT2D eigenvalue weighted by molar-refractivity contribution is 7.46. The molecule has 0 aromatic heterocycles. The lowest BCUT2D eigenvalue weighted by Gasteiger charge is -2.38. The minimum absolute atomic E-state index is 0.0767. The van der Waals surface area contributed by atoms with Crippen molar-refractivity contribution in [1.29, 1.82) is 0 Å². The van der Waals surface area contributed by atoms with E-state index in [1.165, 1.54) is 120 Å². The van der Waals surface area contributed by atoms with Gasteiger partial charge < -0.3 is 57.3 Å². The van der Waals surface area contributed by atoms with Crippen molar-refractivity contribution >= 4 is 33.5 Å². The summed E-state index contributed by atoms with van der Waals surface area (Å²) in [5.41, 5.74) is 12.9. The number of carbonyl (C=O) groups is 2. The van der Waals surface area contributed by atoms with Crippen molar-refractivity contribution in [2.45, 2.75) is 314 Å². The molecule has 0 saturated carbocycles. The molecule has 3 aromatic carbocycles. The Kier molecular flexibility index (Phi) is 40.9. The maximum absolute atomic E-state index is 12.7. The number of ether oxygens (including phenoxy) is 5. The van der Waals surface area contributed by atoms with Crippen molar-refractivity contribution in [2.24, 2.45) is 35.3 Å². The molecule has 99 heavy (non-hydrogen) atoms. The molecular weight excluding hydrogens is 1300 g/mol. The zero-order valence-corrected chi connectivity index (χ0v) is 65.9. The molecule has 19 nitrogen and oxygen atoms in total. The van der Waals surface area contributed by atoms with Crippen molar-refractivity contribution in [1.82, 2.24) is 0 Å². The fourth-order valence-corrected chi connectivity index (χ4v) is 14.3. The number of nitrogens with zero attached hydrogens (tertiary/aromatic N) is 1. The summed E-state index contributed by atoms with van der Waals surface area (Å²) in [6.07, 6.45) is 32.4. The summed E-state index contributed by atoms with van der Waals surface area (Å²) >= 11 is 0. The summed E-state index contributed by atoms with van der Waals surface area (Å²) < 4.78 is 69.8. The highest BCUT2D eigenvalue weighted by Gasteiger charge is 2.37. The molecule has 0 saturated heterocycles. The molecule has 3 aromatic rings. The molecule has 0 aliphatic carbocycles. The largest absolute Gasteiger partial charge is 0.756 e. The first-order valence-corrected chi connectivity index (χ1v) is 40.4. The van der Waals surface area contributed by atoms with Crippen LogP contribution in [0.3, 0.4) is 0 Å². The first-order valence-electron chi connectivity index (χ1n) is 37.4. The van der Waals surface area contributed by atoms with E-state index < -0.39 is 26.7 Å². The average molecular weight is 1430 g/mol. The zero-order chi connectivity index (χ0) is 73.9. The fraction of sp³-hybridized carbons (Fsp3) is 0.744. The lowest BCUT2D eigenvalue weighted by molar-refractivity contribution is -0.384. The molecule has 2 aliphatic heterocycles. The Labute approximate surface area is 596 Å². The predicted octanol–water partition coefficient (Wildman–Crippen LogP) is 20.7. The van der Waals surface area contributed by atoms with Crippen LogP contribution in [0.4, 0.5) is 10.5 Å². The number of benzene rings is 3. The van der Waals surface area contributed by atoms with Crippen LogP contribution in [0.2, 0.25) is 0 Å². The molecule has 0 bridgehead atoms. The minimum atomic E-state index is -4.14. The number of rotatable bonds is 44. The summed E-state index contributed by atoms with van der Waals surface area (Å²) in [4.78, 5) is 57.5. The van der Waals surface area contributed by atoms with Crippen LogP contribution in [0.25, 0.3) is 0 Å². The standard InChI is InChI=1S/C36H53NO6.C35H61O7P.C7H18NO4P/c1-24(2)12-9-13-25(3)14-10-15-26(4)16-11-22-36(8)23-21-32-29(7)33(27(5)28(6)34(32)43-36)42-35(38)41-31-19-17-30(18-20-31)37(39)40;1-9-17-26(2)18-15-19-27(3)20-16-23-35(7)24-22-31-30(6)33(28(4)29(5)34(31)42-35)41-32(36)21-13-11-10-12-14-25-40-43(37,38)39-8;1-11-13(9,10)12-7-5-3-2-4-6-8/h17-20,24-26H,9-16,21-23H2,1-8H3;26-27H,9-25H2,1-8H3,(H,37,38);2-8H2,1H3,(H,9,10)/p-2. The van der Waals surface area contributed by atoms with Crippen LogP contribution in [-0.2, 0) is 44.9 Å². The Morgan fingerprint density at radius 3 is 1.34 bits per heavy atom. The summed E-state index contributed by atoms with van der Waals surface area (Å²) in [6, 6.07) is 5.33. The number of fused-ring (bicyclic) bond motifs is 2. The summed E-state index contributed by atoms with van der Waals surface area (Å²) in [5, 5.41) is 10.9. The van der Waals surface area contributed by atoms with Gasteiger partial charge in [-0.15, -0.1) is 0 Å². The Morgan fingerprint density at radius 1 is 0.535 bits per heavy atom. The highest BCUT2D eigenvalue weighted by Crippen LogP contribution is 2.48. The molecule has 0 radical (unpaired) electrons. The van der Waals surface area contributed by atoms with Gasteiger partial charge in [0.2, 0.25) is 0 Å². The predicted molar refractivity (Wildman–Crippen MR) is 393 cm³/mol. The molecule has 8 atom stereocenters. The molecule has 566 valence electrons. The maximum atomic E-state index is 12.7. The second-order valence-corrected chi connectivity index (χ2v) is 32.7. The van der Waals surface area contributed by atoms with Crippen molar-refractivity contribution in [3.05, 3.63) is 78.9 Å². The van der Waals surface area contributed by atoms with Crippen molar-refractivity contribution in [2.75, 3.05) is 34.0 Å². The van der Waals surface area contributed by atoms with Gasteiger partial charge in [-0.1, -0.05) is 164 Å². The third-order valence-corrected chi connectivity index (χ3v) is 22.1. The molecule has 0 amide bonds. The van der Waals surface area contributed by atoms with E-state index in [2.05, 4.69) is 89.7 Å². The number of nitro benzene ring substituents is 1. The van der Waals surface area contributed by atoms with E-state index in [1.54, 1.807) is 0 Å². The molecule has 2 aliphatic rings. The van der Waals surface area contributed by atoms with E-state index in [0.717, 1.165) is 191 Å². The number of non-ortho nitro benzene ring substituents is 1. The lowest BCUT2D eigenvalue weighted by Crippen LogP contribution is -2.37. The lowest BCUT2D eigenvalue weighted by atomic mass is 9.83. The van der Waals surface area contributed by atoms with Gasteiger partial charge >= 0.3 is 12.1 Å². The molecule has 2 N–H and O–H groups in total. The van der Waals surface area contributed by atoms with Crippen LogP contribution in [0.15, 0.2) is 24.3 Å². The topological polar surface area (TPSA) is 267 Å². The number of esters is 1. The third-order valence-electron chi connectivity index (χ3n) is 20.2. The van der Waals surface area contributed by atoms with Crippen molar-refractivity contribution < 1.29 is 75.2 Å². The Hall–Kier alpha value is -4.42. The van der Waals surface area contributed by atoms with Gasteiger partial charge in [0.05, 0.1) is 18.1 Å². The van der Waals surface area contributed by atoms with Crippen LogP contribution in [-0.4, -0.2) is 62.2 Å². The Morgan fingerprint density at radius 2 is 0.929 bits per heavy atom. The van der Waals surface area contributed by atoms with Crippen LogP contribution >= 0.6 is 15.6 Å². The van der Waals surface area contributed by atoms with Gasteiger partial charge in [0.15, 0.2) is 0 Å². The van der Waals surface area contributed by atoms with E-state index >= 15 is 0 Å². The quantitative estimate of drug-likeness (QED) is 0.0105. The maximum Gasteiger partial charge on any atom is 0.519 e. The highest BCUT2D eigenvalue weighted by atomic mass is 31.2. The van der Waals surface area contributed by atoms with Crippen LogP contribution in [0.1, 0.15) is 293 Å². The molecule has 21 heteroatoms. The smallest absolute Gasteiger partial charge is 0.519 e. The molecule has 8 unspecified atom stereocenters. The van der Waals surface area contributed by atoms with Gasteiger partial charge in [-0.2, -0.15) is 0 Å². The second kappa shape index (κ2) is 45.6. The van der Waals surface area contributed by atoms with Crippen molar-refractivity contribution in [3.63, 3.8) is 0 Å². The average Bonchev–Trinajstić information content (AvgIpc) is 0.767. The van der Waals surface area contributed by atoms with Gasteiger partial charge in [0.25, 0.3) is 21.3 Å². The van der Waals surface area contributed by atoms with Crippen LogP contribution in [0.5, 0.6) is 28.7 Å². The zero-order valence-electron chi connectivity index (χ0n) is 64.1. The monoisotopic (exact) mass is 1430 g/mol. The van der Waals surface area contributed by atoms with Gasteiger partial charge in [-0.05, 0) is 214 Å². The SMILES string of the molecule is CCCC(C)CCCC(C)CCCC1(C)CCc2c(C)c(OC(=O)CCCCCCCOP(=O)([O-])OC)c(C)c(C)c2O1.COP(=O)([O-])OCCCCCCN.Cc1c(C)c2c(c(C)c1OC(=O)Oc1ccc([N+](=O)[O-])cc1)CCC(C)(CCCC(C)CCCC(C)CCCC(C)C)O2. The van der Waals surface area contributed by atoms with Crippen molar-refractivity contribution in [3.8, 4) is 28.7 Å². The number of nitro groups is 1.